The van der Waals surface area contributed by atoms with Crippen LogP contribution in [-0.4, -0.2) is 17.1 Å². The maximum Gasteiger partial charge on any atom is 0.142 e. The van der Waals surface area contributed by atoms with Crippen molar-refractivity contribution < 1.29 is 4.74 Å². The average molecular weight is 333 g/mol. The molecule has 0 saturated heterocycles. The molecule has 0 aliphatic rings. The van der Waals surface area contributed by atoms with E-state index in [2.05, 4.69) is 33.5 Å². The smallest absolute Gasteiger partial charge is 0.142 e. The topological polar surface area (TPSA) is 47.0 Å². The number of methoxy groups -OCH3 is 1. The van der Waals surface area contributed by atoms with Crippen LogP contribution >= 0.6 is 11.3 Å². The van der Waals surface area contributed by atoms with Gasteiger partial charge < -0.3 is 10.1 Å². The maximum atomic E-state index is 5.27. The molecule has 4 rings (SSSR count). The van der Waals surface area contributed by atoms with Crippen molar-refractivity contribution in [1.82, 2.24) is 9.97 Å². The highest BCUT2D eigenvalue weighted by atomic mass is 32.1. The molecule has 0 bridgehead atoms. The summed E-state index contributed by atoms with van der Waals surface area (Å²) in [4.78, 5) is 11.0. The molecule has 1 N–H and O–H groups in total. The van der Waals surface area contributed by atoms with E-state index in [4.69, 9.17) is 4.74 Å². The third-order valence-electron chi connectivity index (χ3n) is 3.72. The molecule has 118 valence electrons. The van der Waals surface area contributed by atoms with E-state index in [0.29, 0.717) is 0 Å². The van der Waals surface area contributed by atoms with E-state index >= 15 is 0 Å². The first kappa shape index (κ1) is 14.7. The van der Waals surface area contributed by atoms with Gasteiger partial charge in [-0.25, -0.2) is 9.97 Å². The summed E-state index contributed by atoms with van der Waals surface area (Å²) in [6.07, 6.45) is 1.59. The molecule has 4 nitrogen and oxygen atoms in total. The number of hydrogen-bond acceptors (Lipinski definition) is 5. The molecule has 0 amide bonds. The maximum absolute atomic E-state index is 5.27. The number of nitrogens with one attached hydrogen (secondary N) is 1. The number of hydrogen-bond donors (Lipinski definition) is 1. The Morgan fingerprint density at radius 2 is 1.83 bits per heavy atom. The second-order valence-corrected chi connectivity index (χ2v) is 6.31. The van der Waals surface area contributed by atoms with E-state index in [9.17, 15) is 0 Å². The van der Waals surface area contributed by atoms with E-state index in [1.807, 2.05) is 42.5 Å². The molecular formula is C19H15N3OS. The van der Waals surface area contributed by atoms with Crippen molar-refractivity contribution in [3.05, 3.63) is 67.0 Å². The number of anilines is 2. The molecule has 0 spiro atoms. The van der Waals surface area contributed by atoms with E-state index < -0.39 is 0 Å². The van der Waals surface area contributed by atoms with Gasteiger partial charge in [-0.1, -0.05) is 36.4 Å². The van der Waals surface area contributed by atoms with Crippen molar-refractivity contribution in [2.45, 2.75) is 0 Å². The zero-order chi connectivity index (χ0) is 16.4. The SMILES string of the molecule is COc1cccc(Nc2ncnc3sc(-c4ccccc4)cc23)c1. The minimum Gasteiger partial charge on any atom is -0.497 e. The summed E-state index contributed by atoms with van der Waals surface area (Å²) >= 11 is 1.67. The van der Waals surface area contributed by atoms with Gasteiger partial charge in [-0.05, 0) is 23.8 Å². The van der Waals surface area contributed by atoms with Gasteiger partial charge in [0.05, 0.1) is 12.5 Å². The number of benzene rings is 2. The molecule has 0 atom stereocenters. The first-order chi connectivity index (χ1) is 11.8. The number of nitrogens with zero attached hydrogens (tertiary/aromatic N) is 2. The molecule has 5 heteroatoms. The molecule has 0 radical (unpaired) electrons. The zero-order valence-electron chi connectivity index (χ0n) is 13.1. The van der Waals surface area contributed by atoms with Gasteiger partial charge in [0.15, 0.2) is 0 Å². The van der Waals surface area contributed by atoms with Gasteiger partial charge in [0.1, 0.15) is 22.7 Å². The monoisotopic (exact) mass is 333 g/mol. The highest BCUT2D eigenvalue weighted by Crippen LogP contribution is 2.35. The van der Waals surface area contributed by atoms with Crippen LogP contribution in [0.15, 0.2) is 67.0 Å². The van der Waals surface area contributed by atoms with Gasteiger partial charge >= 0.3 is 0 Å². The Morgan fingerprint density at radius 3 is 2.67 bits per heavy atom. The first-order valence-electron chi connectivity index (χ1n) is 7.54. The van der Waals surface area contributed by atoms with Crippen molar-refractivity contribution in [2.75, 3.05) is 12.4 Å². The fraction of sp³-hybridized carbons (Fsp3) is 0.0526. The van der Waals surface area contributed by atoms with Gasteiger partial charge in [-0.15, -0.1) is 11.3 Å². The van der Waals surface area contributed by atoms with E-state index in [1.54, 1.807) is 24.8 Å². The molecule has 2 heterocycles. The van der Waals surface area contributed by atoms with Gasteiger partial charge in [0.2, 0.25) is 0 Å². The molecule has 0 aliphatic heterocycles. The quantitative estimate of drug-likeness (QED) is 0.564. The molecular weight excluding hydrogens is 318 g/mol. The standard InChI is InChI=1S/C19H15N3OS/c1-23-15-9-5-8-14(10-15)22-18-16-11-17(13-6-3-2-4-7-13)24-19(16)21-12-20-18/h2-12H,1H3,(H,20,21,22). The van der Waals surface area contributed by atoms with Crippen LogP contribution < -0.4 is 10.1 Å². The van der Waals surface area contributed by atoms with Gasteiger partial charge in [-0.2, -0.15) is 0 Å². The molecule has 2 aromatic heterocycles. The number of rotatable bonds is 4. The fourth-order valence-corrected chi connectivity index (χ4v) is 3.54. The molecule has 0 saturated carbocycles. The van der Waals surface area contributed by atoms with Crippen molar-refractivity contribution in [3.63, 3.8) is 0 Å². The Kier molecular flexibility index (Phi) is 3.84. The summed E-state index contributed by atoms with van der Waals surface area (Å²) < 4.78 is 5.27. The Bertz CT molecular complexity index is 982. The Hall–Kier alpha value is -2.92. The molecule has 2 aromatic carbocycles. The minimum absolute atomic E-state index is 0.798. The number of fused-ring (bicyclic) bond motifs is 1. The number of aromatic nitrogens is 2. The third-order valence-corrected chi connectivity index (χ3v) is 4.81. The van der Waals surface area contributed by atoms with Gasteiger partial charge in [0, 0.05) is 16.6 Å². The predicted molar refractivity (Wildman–Crippen MR) is 99.1 cm³/mol. The van der Waals surface area contributed by atoms with Crippen molar-refractivity contribution in [1.29, 1.82) is 0 Å². The van der Waals surface area contributed by atoms with E-state index in [1.165, 1.54) is 10.4 Å². The lowest BCUT2D eigenvalue weighted by Crippen LogP contribution is -1.95. The van der Waals surface area contributed by atoms with Crippen molar-refractivity contribution in [2.24, 2.45) is 0 Å². The second-order valence-electron chi connectivity index (χ2n) is 5.27. The minimum atomic E-state index is 0.798. The average Bonchev–Trinajstić information content (AvgIpc) is 3.08. The molecule has 24 heavy (non-hydrogen) atoms. The Balaban J connectivity index is 1.74. The lowest BCUT2D eigenvalue weighted by atomic mass is 10.2. The third kappa shape index (κ3) is 2.81. The molecule has 0 fully saturated rings. The van der Waals surface area contributed by atoms with Crippen LogP contribution in [0.3, 0.4) is 0 Å². The summed E-state index contributed by atoms with van der Waals surface area (Å²) in [6.45, 7) is 0. The fourth-order valence-electron chi connectivity index (χ4n) is 2.54. The lowest BCUT2D eigenvalue weighted by molar-refractivity contribution is 0.415. The van der Waals surface area contributed by atoms with Crippen LogP contribution in [0.4, 0.5) is 11.5 Å². The van der Waals surface area contributed by atoms with Crippen molar-refractivity contribution in [3.8, 4) is 16.2 Å². The summed E-state index contributed by atoms with van der Waals surface area (Å²) in [5.41, 5.74) is 2.12. The van der Waals surface area contributed by atoms with Crippen LogP contribution in [0.2, 0.25) is 0 Å². The molecule has 0 unspecified atom stereocenters. The van der Waals surface area contributed by atoms with E-state index in [0.717, 1.165) is 27.5 Å². The number of thiophene rings is 1. The van der Waals surface area contributed by atoms with Crippen LogP contribution in [0, 0.1) is 0 Å². The largest absolute Gasteiger partial charge is 0.497 e. The lowest BCUT2D eigenvalue weighted by Gasteiger charge is -2.07. The predicted octanol–water partition coefficient (Wildman–Crippen LogP) is 5.11. The van der Waals surface area contributed by atoms with E-state index in [-0.39, 0.29) is 0 Å². The molecule has 4 aromatic rings. The Labute approximate surface area is 143 Å². The Morgan fingerprint density at radius 1 is 0.958 bits per heavy atom. The van der Waals surface area contributed by atoms with Crippen LogP contribution in [0.1, 0.15) is 0 Å². The second kappa shape index (κ2) is 6.29. The zero-order valence-corrected chi connectivity index (χ0v) is 13.9. The summed E-state index contributed by atoms with van der Waals surface area (Å²) in [7, 11) is 1.66. The van der Waals surface area contributed by atoms with Crippen LogP contribution in [-0.2, 0) is 0 Å². The number of ether oxygens (including phenoxy) is 1. The summed E-state index contributed by atoms with van der Waals surface area (Å²) in [5.74, 6) is 1.60. The van der Waals surface area contributed by atoms with Gasteiger partial charge in [-0.3, -0.25) is 0 Å². The van der Waals surface area contributed by atoms with Crippen LogP contribution in [0.5, 0.6) is 5.75 Å². The summed E-state index contributed by atoms with van der Waals surface area (Å²) in [5, 5.41) is 4.38. The highest BCUT2D eigenvalue weighted by Gasteiger charge is 2.10. The first-order valence-corrected chi connectivity index (χ1v) is 8.36. The molecule has 0 aliphatic carbocycles. The normalized spacial score (nSPS) is 10.7. The summed E-state index contributed by atoms with van der Waals surface area (Å²) in [6, 6.07) is 20.2. The van der Waals surface area contributed by atoms with Crippen molar-refractivity contribution >= 4 is 33.1 Å². The van der Waals surface area contributed by atoms with Crippen LogP contribution in [0.25, 0.3) is 20.7 Å². The van der Waals surface area contributed by atoms with Gasteiger partial charge in [0.25, 0.3) is 0 Å². The highest BCUT2D eigenvalue weighted by molar-refractivity contribution is 7.21.